The van der Waals surface area contributed by atoms with E-state index in [-0.39, 0.29) is 6.04 Å². The summed E-state index contributed by atoms with van der Waals surface area (Å²) in [7, 11) is 0. The van der Waals surface area contributed by atoms with Gasteiger partial charge in [0.2, 0.25) is 0 Å². The Balaban J connectivity index is 1.92. The van der Waals surface area contributed by atoms with Gasteiger partial charge in [-0.05, 0) is 30.9 Å². The van der Waals surface area contributed by atoms with Crippen LogP contribution in [0.3, 0.4) is 0 Å². The molecule has 2 atom stereocenters. The number of benzene rings is 1. The van der Waals surface area contributed by atoms with E-state index in [1.54, 1.807) is 24.3 Å². The maximum absolute atomic E-state index is 11.9. The standard InChI is InChI=1S/C15H19ClN2O2/c1-10-6-2-4-8-12(10)17-14(19)15(20)18-13-9-5-3-7-11(13)16/h3,5,7,9-10,12H,2,4,6,8H2,1H3,(H,17,19)(H,18,20)/t10-,12-/m1/s1. The van der Waals surface area contributed by atoms with Crippen molar-refractivity contribution in [3.05, 3.63) is 29.3 Å². The first-order valence-corrected chi connectivity index (χ1v) is 7.32. The molecule has 1 aliphatic rings. The summed E-state index contributed by atoms with van der Waals surface area (Å²) in [6, 6.07) is 6.94. The second-order valence-corrected chi connectivity index (χ2v) is 5.68. The van der Waals surface area contributed by atoms with E-state index < -0.39 is 11.8 Å². The summed E-state index contributed by atoms with van der Waals surface area (Å²) in [6.45, 7) is 2.11. The van der Waals surface area contributed by atoms with Crippen molar-refractivity contribution in [1.82, 2.24) is 5.32 Å². The van der Waals surface area contributed by atoms with E-state index in [1.807, 2.05) is 0 Å². The Morgan fingerprint density at radius 1 is 1.15 bits per heavy atom. The Morgan fingerprint density at radius 3 is 2.55 bits per heavy atom. The van der Waals surface area contributed by atoms with Gasteiger partial charge in [-0.25, -0.2) is 0 Å². The van der Waals surface area contributed by atoms with Crippen molar-refractivity contribution in [2.24, 2.45) is 5.92 Å². The Bertz CT molecular complexity index is 504. The van der Waals surface area contributed by atoms with Gasteiger partial charge in [-0.3, -0.25) is 9.59 Å². The summed E-state index contributed by atoms with van der Waals surface area (Å²) in [5.74, 6) is -0.847. The predicted octanol–water partition coefficient (Wildman–Crippen LogP) is 2.97. The Kier molecular flexibility index (Phi) is 5.01. The predicted molar refractivity (Wildman–Crippen MR) is 79.6 cm³/mol. The molecule has 5 heteroatoms. The number of hydrogen-bond acceptors (Lipinski definition) is 2. The second kappa shape index (κ2) is 6.75. The number of nitrogens with one attached hydrogen (secondary N) is 2. The van der Waals surface area contributed by atoms with Crippen molar-refractivity contribution in [3.63, 3.8) is 0 Å². The molecular weight excluding hydrogens is 276 g/mol. The topological polar surface area (TPSA) is 58.2 Å². The largest absolute Gasteiger partial charge is 0.345 e. The van der Waals surface area contributed by atoms with Gasteiger partial charge in [0, 0.05) is 6.04 Å². The van der Waals surface area contributed by atoms with Crippen LogP contribution in [0.1, 0.15) is 32.6 Å². The van der Waals surface area contributed by atoms with Gasteiger partial charge < -0.3 is 10.6 Å². The second-order valence-electron chi connectivity index (χ2n) is 5.28. The summed E-state index contributed by atoms with van der Waals surface area (Å²) in [4.78, 5) is 23.8. The number of para-hydroxylation sites is 1. The first kappa shape index (κ1) is 14.9. The zero-order valence-corrected chi connectivity index (χ0v) is 12.2. The molecule has 0 saturated heterocycles. The highest BCUT2D eigenvalue weighted by atomic mass is 35.5. The molecule has 0 spiro atoms. The average Bonchev–Trinajstić information content (AvgIpc) is 2.43. The van der Waals surface area contributed by atoms with Crippen LogP contribution in [0.15, 0.2) is 24.3 Å². The molecule has 108 valence electrons. The molecule has 2 N–H and O–H groups in total. The van der Waals surface area contributed by atoms with Crippen molar-refractivity contribution in [1.29, 1.82) is 0 Å². The van der Waals surface area contributed by atoms with Gasteiger partial charge in [-0.2, -0.15) is 0 Å². The number of amides is 2. The van der Waals surface area contributed by atoms with Crippen LogP contribution < -0.4 is 10.6 Å². The highest BCUT2D eigenvalue weighted by molar-refractivity contribution is 6.41. The lowest BCUT2D eigenvalue weighted by molar-refractivity contribution is -0.137. The molecule has 1 aromatic carbocycles. The summed E-state index contributed by atoms with van der Waals surface area (Å²) in [6.07, 6.45) is 4.32. The molecule has 1 aliphatic carbocycles. The minimum Gasteiger partial charge on any atom is -0.345 e. The molecule has 0 aromatic heterocycles. The van der Waals surface area contributed by atoms with Gasteiger partial charge in [0.25, 0.3) is 0 Å². The van der Waals surface area contributed by atoms with Gasteiger partial charge in [0.05, 0.1) is 10.7 Å². The third kappa shape index (κ3) is 3.73. The van der Waals surface area contributed by atoms with Crippen LogP contribution in [0.25, 0.3) is 0 Å². The quantitative estimate of drug-likeness (QED) is 0.824. The van der Waals surface area contributed by atoms with E-state index >= 15 is 0 Å². The van der Waals surface area contributed by atoms with Crippen LogP contribution in [0.5, 0.6) is 0 Å². The molecule has 0 unspecified atom stereocenters. The first-order valence-electron chi connectivity index (χ1n) is 6.94. The third-order valence-electron chi connectivity index (χ3n) is 3.76. The summed E-state index contributed by atoms with van der Waals surface area (Å²) in [5, 5.41) is 5.76. The molecule has 20 heavy (non-hydrogen) atoms. The Hall–Kier alpha value is -1.55. The van der Waals surface area contributed by atoms with Crippen molar-refractivity contribution < 1.29 is 9.59 Å². The van der Waals surface area contributed by atoms with Crippen molar-refractivity contribution >= 4 is 29.1 Å². The minimum atomic E-state index is -0.670. The molecule has 0 aliphatic heterocycles. The van der Waals surface area contributed by atoms with Crippen LogP contribution >= 0.6 is 11.6 Å². The number of hydrogen-bond donors (Lipinski definition) is 2. The van der Waals surface area contributed by atoms with E-state index in [4.69, 9.17) is 11.6 Å². The fourth-order valence-corrected chi connectivity index (χ4v) is 2.69. The smallest absolute Gasteiger partial charge is 0.313 e. The SMILES string of the molecule is C[C@@H]1CCCC[C@H]1NC(=O)C(=O)Nc1ccccc1Cl. The molecule has 1 aromatic rings. The molecular formula is C15H19ClN2O2. The van der Waals surface area contributed by atoms with Crippen molar-refractivity contribution in [3.8, 4) is 0 Å². The molecule has 1 saturated carbocycles. The van der Waals surface area contributed by atoms with E-state index in [2.05, 4.69) is 17.6 Å². The number of carbonyl (C=O) groups excluding carboxylic acids is 2. The van der Waals surface area contributed by atoms with Crippen LogP contribution in [0.2, 0.25) is 5.02 Å². The Labute approximate surface area is 123 Å². The first-order chi connectivity index (χ1) is 9.58. The number of carbonyl (C=O) groups is 2. The molecule has 4 nitrogen and oxygen atoms in total. The van der Waals surface area contributed by atoms with Crippen molar-refractivity contribution in [2.45, 2.75) is 38.6 Å². The normalized spacial score (nSPS) is 22.1. The maximum atomic E-state index is 11.9. The molecule has 2 amide bonds. The summed E-state index contributed by atoms with van der Waals surface area (Å²) < 4.78 is 0. The molecule has 2 rings (SSSR count). The van der Waals surface area contributed by atoms with E-state index in [1.165, 1.54) is 6.42 Å². The van der Waals surface area contributed by atoms with Gasteiger partial charge in [-0.1, -0.05) is 43.5 Å². The molecule has 0 radical (unpaired) electrons. The summed E-state index contributed by atoms with van der Waals surface area (Å²) >= 11 is 5.94. The van der Waals surface area contributed by atoms with Crippen LogP contribution in [0.4, 0.5) is 5.69 Å². The number of halogens is 1. The lowest BCUT2D eigenvalue weighted by Gasteiger charge is -2.29. The van der Waals surface area contributed by atoms with Gasteiger partial charge >= 0.3 is 11.8 Å². The van der Waals surface area contributed by atoms with E-state index in [0.29, 0.717) is 16.6 Å². The number of anilines is 1. The fourth-order valence-electron chi connectivity index (χ4n) is 2.51. The number of rotatable bonds is 2. The highest BCUT2D eigenvalue weighted by Crippen LogP contribution is 2.24. The van der Waals surface area contributed by atoms with Crippen molar-refractivity contribution in [2.75, 3.05) is 5.32 Å². The van der Waals surface area contributed by atoms with Gasteiger partial charge in [0.15, 0.2) is 0 Å². The molecule has 1 fully saturated rings. The fraction of sp³-hybridized carbons (Fsp3) is 0.467. The summed E-state index contributed by atoms with van der Waals surface area (Å²) in [5.41, 5.74) is 0.450. The average molecular weight is 295 g/mol. The monoisotopic (exact) mass is 294 g/mol. The minimum absolute atomic E-state index is 0.0910. The molecule has 0 heterocycles. The van der Waals surface area contributed by atoms with Crippen LogP contribution in [-0.4, -0.2) is 17.9 Å². The van der Waals surface area contributed by atoms with E-state index in [9.17, 15) is 9.59 Å². The Morgan fingerprint density at radius 2 is 1.85 bits per heavy atom. The molecule has 0 bridgehead atoms. The lowest BCUT2D eigenvalue weighted by atomic mass is 9.86. The van der Waals surface area contributed by atoms with Crippen LogP contribution in [0, 0.1) is 5.92 Å². The zero-order chi connectivity index (χ0) is 14.5. The maximum Gasteiger partial charge on any atom is 0.313 e. The third-order valence-corrected chi connectivity index (χ3v) is 4.09. The van der Waals surface area contributed by atoms with Crippen LogP contribution in [-0.2, 0) is 9.59 Å². The lowest BCUT2D eigenvalue weighted by Crippen LogP contribution is -2.45. The van der Waals surface area contributed by atoms with Gasteiger partial charge in [0.1, 0.15) is 0 Å². The zero-order valence-electron chi connectivity index (χ0n) is 11.5. The van der Waals surface area contributed by atoms with Gasteiger partial charge in [-0.15, -0.1) is 0 Å². The highest BCUT2D eigenvalue weighted by Gasteiger charge is 2.25. The van der Waals surface area contributed by atoms with E-state index in [0.717, 1.165) is 19.3 Å².